The lowest BCUT2D eigenvalue weighted by atomic mass is 10.1. The summed E-state index contributed by atoms with van der Waals surface area (Å²) in [7, 11) is 1.63. The summed E-state index contributed by atoms with van der Waals surface area (Å²) in [6.07, 6.45) is 0. The number of methoxy groups -OCH3 is 1. The molecule has 0 saturated carbocycles. The molecule has 17 heavy (non-hydrogen) atoms. The monoisotopic (exact) mass is 234 g/mol. The fraction of sp³-hybridized carbons (Fsp3) is 0.462. The Morgan fingerprint density at radius 2 is 2.00 bits per heavy atom. The molecule has 1 atom stereocenters. The summed E-state index contributed by atoms with van der Waals surface area (Å²) in [5.41, 5.74) is 0.909. The van der Waals surface area contributed by atoms with Gasteiger partial charge in [-0.25, -0.2) is 4.79 Å². The van der Waals surface area contributed by atoms with Gasteiger partial charge in [-0.2, -0.15) is 0 Å². The zero-order valence-corrected chi connectivity index (χ0v) is 10.4. The van der Waals surface area contributed by atoms with E-state index in [2.05, 4.69) is 19.2 Å². The minimum atomic E-state index is -0.0196. The summed E-state index contributed by atoms with van der Waals surface area (Å²) in [5, 5.41) is 2.99. The molecule has 1 fully saturated rings. The van der Waals surface area contributed by atoms with Crippen LogP contribution in [0.5, 0.6) is 5.75 Å². The highest BCUT2D eigenvalue weighted by atomic mass is 16.5. The summed E-state index contributed by atoms with van der Waals surface area (Å²) in [5.74, 6) is 1.25. The van der Waals surface area contributed by atoms with Crippen LogP contribution in [0.15, 0.2) is 24.3 Å². The molecule has 2 rings (SSSR count). The smallest absolute Gasteiger partial charge is 0.322 e. The number of ether oxygens (including phenoxy) is 1. The number of urea groups is 1. The topological polar surface area (TPSA) is 41.6 Å². The van der Waals surface area contributed by atoms with E-state index in [1.165, 1.54) is 0 Å². The number of benzene rings is 1. The summed E-state index contributed by atoms with van der Waals surface area (Å²) in [6.45, 7) is 4.95. The third-order valence-electron chi connectivity index (χ3n) is 3.12. The predicted molar refractivity (Wildman–Crippen MR) is 67.5 cm³/mol. The second-order valence-electron chi connectivity index (χ2n) is 4.61. The van der Waals surface area contributed by atoms with Gasteiger partial charge in [0, 0.05) is 12.2 Å². The first-order chi connectivity index (χ1) is 8.11. The normalized spacial score (nSPS) is 19.6. The molecule has 1 saturated heterocycles. The number of nitrogens with zero attached hydrogens (tertiary/aromatic N) is 1. The van der Waals surface area contributed by atoms with Crippen LogP contribution in [0.3, 0.4) is 0 Å². The summed E-state index contributed by atoms with van der Waals surface area (Å²) >= 11 is 0. The standard InChI is InChI=1S/C13H18N2O2/c1-9(2)12-8-15(13(16)14-12)10-4-6-11(17-3)7-5-10/h4-7,9,12H,8H2,1-3H3,(H,14,16)/t12-/m1/s1. The molecule has 2 amide bonds. The molecular weight excluding hydrogens is 216 g/mol. The van der Waals surface area contributed by atoms with Gasteiger partial charge in [0.1, 0.15) is 5.75 Å². The number of anilines is 1. The molecule has 1 aliphatic heterocycles. The average molecular weight is 234 g/mol. The number of carbonyl (C=O) groups is 1. The highest BCUT2D eigenvalue weighted by Crippen LogP contribution is 2.23. The van der Waals surface area contributed by atoms with Crippen LogP contribution in [-0.4, -0.2) is 25.7 Å². The van der Waals surface area contributed by atoms with Crippen LogP contribution in [0.2, 0.25) is 0 Å². The Kier molecular flexibility index (Phi) is 3.22. The van der Waals surface area contributed by atoms with E-state index in [1.54, 1.807) is 12.0 Å². The SMILES string of the molecule is COc1ccc(N2C[C@H](C(C)C)NC2=O)cc1. The van der Waals surface area contributed by atoms with Crippen LogP contribution < -0.4 is 15.0 Å². The van der Waals surface area contributed by atoms with Crippen LogP contribution in [0.4, 0.5) is 10.5 Å². The molecule has 0 aromatic heterocycles. The highest BCUT2D eigenvalue weighted by molar-refractivity contribution is 5.94. The molecule has 1 aromatic rings. The molecule has 0 spiro atoms. The van der Waals surface area contributed by atoms with E-state index in [9.17, 15) is 4.79 Å². The Labute approximate surface area is 102 Å². The molecular formula is C13H18N2O2. The Hall–Kier alpha value is -1.71. The molecule has 0 unspecified atom stereocenters. The lowest BCUT2D eigenvalue weighted by Gasteiger charge is -2.16. The summed E-state index contributed by atoms with van der Waals surface area (Å²) in [4.78, 5) is 13.6. The number of nitrogens with one attached hydrogen (secondary N) is 1. The maximum Gasteiger partial charge on any atom is 0.322 e. The molecule has 4 heteroatoms. The minimum absolute atomic E-state index is 0.0196. The van der Waals surface area contributed by atoms with Crippen molar-refractivity contribution in [2.45, 2.75) is 19.9 Å². The van der Waals surface area contributed by atoms with Crippen LogP contribution >= 0.6 is 0 Å². The fourth-order valence-electron chi connectivity index (χ4n) is 1.92. The molecule has 1 N–H and O–H groups in total. The zero-order valence-electron chi connectivity index (χ0n) is 10.4. The molecule has 4 nitrogen and oxygen atoms in total. The first kappa shape index (κ1) is 11.8. The Morgan fingerprint density at radius 1 is 1.35 bits per heavy atom. The molecule has 0 radical (unpaired) electrons. The van der Waals surface area contributed by atoms with Crippen LogP contribution in [0.1, 0.15) is 13.8 Å². The van der Waals surface area contributed by atoms with Gasteiger partial charge in [0.25, 0.3) is 0 Å². The molecule has 92 valence electrons. The zero-order chi connectivity index (χ0) is 12.4. The lowest BCUT2D eigenvalue weighted by Crippen LogP contribution is -2.31. The predicted octanol–water partition coefficient (Wildman–Crippen LogP) is 2.25. The van der Waals surface area contributed by atoms with Crippen LogP contribution in [0, 0.1) is 5.92 Å². The first-order valence-corrected chi connectivity index (χ1v) is 5.84. The average Bonchev–Trinajstić information content (AvgIpc) is 2.72. The van der Waals surface area contributed by atoms with Crippen molar-refractivity contribution in [3.05, 3.63) is 24.3 Å². The summed E-state index contributed by atoms with van der Waals surface area (Å²) < 4.78 is 5.10. The number of rotatable bonds is 3. The first-order valence-electron chi connectivity index (χ1n) is 5.84. The molecule has 0 aliphatic carbocycles. The van der Waals surface area contributed by atoms with Crippen molar-refractivity contribution in [3.63, 3.8) is 0 Å². The van der Waals surface area contributed by atoms with E-state index in [0.29, 0.717) is 5.92 Å². The van der Waals surface area contributed by atoms with Gasteiger partial charge in [-0.05, 0) is 30.2 Å². The van der Waals surface area contributed by atoms with Crippen molar-refractivity contribution < 1.29 is 9.53 Å². The van der Waals surface area contributed by atoms with Gasteiger partial charge >= 0.3 is 6.03 Å². The van der Waals surface area contributed by atoms with Gasteiger partial charge in [0.2, 0.25) is 0 Å². The third kappa shape index (κ3) is 2.35. The Bertz CT molecular complexity index is 400. The van der Waals surface area contributed by atoms with Gasteiger partial charge in [-0.1, -0.05) is 13.8 Å². The van der Waals surface area contributed by atoms with E-state index in [4.69, 9.17) is 4.74 Å². The molecule has 1 heterocycles. The maximum atomic E-state index is 11.8. The molecule has 0 bridgehead atoms. The van der Waals surface area contributed by atoms with E-state index < -0.39 is 0 Å². The number of carbonyl (C=O) groups excluding carboxylic acids is 1. The van der Waals surface area contributed by atoms with E-state index in [0.717, 1.165) is 18.0 Å². The van der Waals surface area contributed by atoms with Gasteiger partial charge in [0.05, 0.1) is 13.2 Å². The minimum Gasteiger partial charge on any atom is -0.497 e. The van der Waals surface area contributed by atoms with E-state index in [-0.39, 0.29) is 12.1 Å². The Morgan fingerprint density at radius 3 is 2.47 bits per heavy atom. The third-order valence-corrected chi connectivity index (χ3v) is 3.12. The summed E-state index contributed by atoms with van der Waals surface area (Å²) in [6, 6.07) is 7.75. The molecule has 1 aromatic carbocycles. The largest absolute Gasteiger partial charge is 0.497 e. The van der Waals surface area contributed by atoms with Gasteiger partial charge in [-0.15, -0.1) is 0 Å². The van der Waals surface area contributed by atoms with Crippen molar-refractivity contribution in [1.29, 1.82) is 0 Å². The highest BCUT2D eigenvalue weighted by Gasteiger charge is 2.31. The molecule has 1 aliphatic rings. The lowest BCUT2D eigenvalue weighted by molar-refractivity contribution is 0.249. The number of amides is 2. The van der Waals surface area contributed by atoms with Crippen molar-refractivity contribution >= 4 is 11.7 Å². The van der Waals surface area contributed by atoms with Crippen LogP contribution in [0.25, 0.3) is 0 Å². The quantitative estimate of drug-likeness (QED) is 0.871. The maximum absolute atomic E-state index is 11.8. The Balaban J connectivity index is 2.14. The van der Waals surface area contributed by atoms with Crippen LogP contribution in [-0.2, 0) is 0 Å². The van der Waals surface area contributed by atoms with Crippen molar-refractivity contribution in [3.8, 4) is 5.75 Å². The van der Waals surface area contributed by atoms with Crippen molar-refractivity contribution in [1.82, 2.24) is 5.32 Å². The number of hydrogen-bond acceptors (Lipinski definition) is 2. The van der Waals surface area contributed by atoms with E-state index in [1.807, 2.05) is 24.3 Å². The second kappa shape index (κ2) is 4.65. The van der Waals surface area contributed by atoms with Crippen molar-refractivity contribution in [2.75, 3.05) is 18.6 Å². The fourth-order valence-corrected chi connectivity index (χ4v) is 1.92. The van der Waals surface area contributed by atoms with Gasteiger partial charge < -0.3 is 10.1 Å². The van der Waals surface area contributed by atoms with Gasteiger partial charge in [-0.3, -0.25) is 4.90 Å². The second-order valence-corrected chi connectivity index (χ2v) is 4.61. The van der Waals surface area contributed by atoms with Gasteiger partial charge in [0.15, 0.2) is 0 Å². The van der Waals surface area contributed by atoms with E-state index >= 15 is 0 Å². The number of hydrogen-bond donors (Lipinski definition) is 1. The van der Waals surface area contributed by atoms with Crippen molar-refractivity contribution in [2.24, 2.45) is 5.92 Å².